The summed E-state index contributed by atoms with van der Waals surface area (Å²) in [5.41, 5.74) is 0. The molecule has 0 aliphatic carbocycles. The van der Waals surface area contributed by atoms with Crippen LogP contribution in [-0.4, -0.2) is 62.5 Å². The lowest BCUT2D eigenvalue weighted by Crippen LogP contribution is -2.39. The third-order valence-corrected chi connectivity index (χ3v) is 4.08. The highest BCUT2D eigenvalue weighted by atomic mass is 32.2. The number of hydrogen-bond donors (Lipinski definition) is 2. The van der Waals surface area contributed by atoms with Gasteiger partial charge in [0.25, 0.3) is 10.0 Å². The van der Waals surface area contributed by atoms with Crippen molar-refractivity contribution in [2.24, 2.45) is 0 Å². The molecule has 0 spiro atoms. The number of amides is 1. The summed E-state index contributed by atoms with van der Waals surface area (Å²) in [5, 5.41) is 2.52. The van der Waals surface area contributed by atoms with Crippen LogP contribution >= 0.6 is 0 Å². The Kier molecular flexibility index (Phi) is 5.45. The van der Waals surface area contributed by atoms with Gasteiger partial charge in [-0.3, -0.25) is 4.79 Å². The molecule has 19 heavy (non-hydrogen) atoms. The molecule has 0 bridgehead atoms. The van der Waals surface area contributed by atoms with Crippen molar-refractivity contribution in [2.45, 2.75) is 11.9 Å². The van der Waals surface area contributed by atoms with Crippen LogP contribution < -0.4 is 5.32 Å². The van der Waals surface area contributed by atoms with Crippen LogP contribution in [0.25, 0.3) is 0 Å². The summed E-state index contributed by atoms with van der Waals surface area (Å²) in [4.78, 5) is 18.0. The minimum atomic E-state index is -3.72. The summed E-state index contributed by atoms with van der Waals surface area (Å²) in [6.07, 6.45) is 1.23. The quantitative estimate of drug-likeness (QED) is 0.633. The number of hydrogen-bond acceptors (Lipinski definition) is 5. The van der Waals surface area contributed by atoms with Gasteiger partial charge in [0.05, 0.1) is 19.3 Å². The minimum absolute atomic E-state index is 0.0304. The van der Waals surface area contributed by atoms with Crippen LogP contribution in [0.2, 0.25) is 0 Å². The number of aromatic amines is 1. The van der Waals surface area contributed by atoms with Gasteiger partial charge in [0, 0.05) is 20.7 Å². The van der Waals surface area contributed by atoms with E-state index >= 15 is 0 Å². The van der Waals surface area contributed by atoms with Gasteiger partial charge in [0.1, 0.15) is 5.82 Å². The molecule has 1 aromatic rings. The smallest absolute Gasteiger partial charge is 0.260 e. The highest BCUT2D eigenvalue weighted by molar-refractivity contribution is 7.89. The Morgan fingerprint density at radius 1 is 1.58 bits per heavy atom. The zero-order valence-corrected chi connectivity index (χ0v) is 12.0. The normalized spacial score (nSPS) is 11.8. The van der Waals surface area contributed by atoms with E-state index in [0.29, 0.717) is 19.0 Å². The number of nitrogens with one attached hydrogen (secondary N) is 2. The van der Waals surface area contributed by atoms with E-state index in [2.05, 4.69) is 15.3 Å². The van der Waals surface area contributed by atoms with Crippen molar-refractivity contribution in [2.75, 3.05) is 33.9 Å². The third-order valence-electron chi connectivity index (χ3n) is 2.36. The second-order valence-corrected chi connectivity index (χ2v) is 5.95. The number of carbonyl (C=O) groups is 1. The number of carbonyl (C=O) groups excluding carboxylic acids is 1. The highest BCUT2D eigenvalue weighted by Gasteiger charge is 2.24. The van der Waals surface area contributed by atoms with Gasteiger partial charge in [0.2, 0.25) is 5.91 Å². The molecule has 0 aliphatic rings. The first-order chi connectivity index (χ1) is 8.87. The number of H-pyrrole nitrogens is 1. The van der Waals surface area contributed by atoms with Crippen molar-refractivity contribution in [3.63, 3.8) is 0 Å². The van der Waals surface area contributed by atoms with Gasteiger partial charge in [-0.05, 0) is 6.92 Å². The molecule has 0 saturated carbocycles. The van der Waals surface area contributed by atoms with Gasteiger partial charge in [-0.25, -0.2) is 13.4 Å². The average molecular weight is 290 g/mol. The molecule has 1 heterocycles. The van der Waals surface area contributed by atoms with Crippen LogP contribution in [0.3, 0.4) is 0 Å². The number of rotatable bonds is 7. The standard InChI is InChI=1S/C10H18N4O4S/c1-8-12-6-10(13-8)19(16,17)14(2)7-9(15)11-4-5-18-3/h6H,4-5,7H2,1-3H3,(H,11,15)(H,12,13). The number of sulfonamides is 1. The fourth-order valence-corrected chi connectivity index (χ4v) is 2.42. The first-order valence-electron chi connectivity index (χ1n) is 5.61. The Morgan fingerprint density at radius 3 is 2.79 bits per heavy atom. The van der Waals surface area contributed by atoms with Crippen molar-refractivity contribution in [1.82, 2.24) is 19.6 Å². The van der Waals surface area contributed by atoms with E-state index in [1.807, 2.05) is 0 Å². The fourth-order valence-electron chi connectivity index (χ4n) is 1.33. The van der Waals surface area contributed by atoms with E-state index in [1.165, 1.54) is 20.4 Å². The molecule has 0 atom stereocenters. The number of imidazole rings is 1. The van der Waals surface area contributed by atoms with E-state index in [9.17, 15) is 13.2 Å². The second kappa shape index (κ2) is 6.64. The van der Waals surface area contributed by atoms with Crippen LogP contribution in [0.1, 0.15) is 5.82 Å². The average Bonchev–Trinajstić information content (AvgIpc) is 2.76. The van der Waals surface area contributed by atoms with Crippen LogP contribution in [0.4, 0.5) is 0 Å². The maximum Gasteiger partial charge on any atom is 0.260 e. The minimum Gasteiger partial charge on any atom is -0.383 e. The summed E-state index contributed by atoms with van der Waals surface area (Å²) in [6.45, 7) is 2.11. The molecule has 0 radical (unpaired) electrons. The van der Waals surface area contributed by atoms with Crippen molar-refractivity contribution < 1.29 is 17.9 Å². The molecule has 1 rings (SSSR count). The van der Waals surface area contributed by atoms with Crippen molar-refractivity contribution in [1.29, 1.82) is 0 Å². The van der Waals surface area contributed by atoms with Crippen LogP contribution in [0, 0.1) is 6.92 Å². The predicted molar refractivity (Wildman–Crippen MR) is 68.0 cm³/mol. The summed E-state index contributed by atoms with van der Waals surface area (Å²) in [7, 11) is -0.869. The topological polar surface area (TPSA) is 104 Å². The molecular formula is C10H18N4O4S. The van der Waals surface area contributed by atoms with E-state index < -0.39 is 10.0 Å². The molecule has 2 N–H and O–H groups in total. The number of methoxy groups -OCH3 is 1. The summed E-state index contributed by atoms with van der Waals surface area (Å²) in [6, 6.07) is 0. The summed E-state index contributed by atoms with van der Waals surface area (Å²) in [5.74, 6) is 0.107. The van der Waals surface area contributed by atoms with E-state index in [0.717, 1.165) is 4.31 Å². The first kappa shape index (κ1) is 15.6. The SMILES string of the molecule is COCCNC(=O)CN(C)S(=O)(=O)c1cnc(C)[nH]1. The molecule has 0 aromatic carbocycles. The first-order valence-corrected chi connectivity index (χ1v) is 7.05. The van der Waals surface area contributed by atoms with Crippen LogP contribution in [0.15, 0.2) is 11.2 Å². The summed E-state index contributed by atoms with van der Waals surface area (Å²) >= 11 is 0. The second-order valence-electron chi connectivity index (χ2n) is 3.94. The number of aromatic nitrogens is 2. The van der Waals surface area contributed by atoms with Crippen LogP contribution in [0.5, 0.6) is 0 Å². The molecule has 0 fully saturated rings. The van der Waals surface area contributed by atoms with Gasteiger partial charge in [-0.2, -0.15) is 4.31 Å². The van der Waals surface area contributed by atoms with Crippen molar-refractivity contribution in [3.05, 3.63) is 12.0 Å². The Balaban J connectivity index is 2.62. The monoisotopic (exact) mass is 290 g/mol. The maximum absolute atomic E-state index is 12.1. The number of ether oxygens (including phenoxy) is 1. The third kappa shape index (κ3) is 4.30. The van der Waals surface area contributed by atoms with Gasteiger partial charge in [0.15, 0.2) is 5.03 Å². The Bertz CT molecular complexity index is 525. The number of likely N-dealkylation sites (N-methyl/N-ethyl adjacent to an activating group) is 1. The van der Waals surface area contributed by atoms with E-state index in [1.54, 1.807) is 6.92 Å². The molecule has 108 valence electrons. The maximum atomic E-state index is 12.1. The molecule has 1 aromatic heterocycles. The number of nitrogens with zero attached hydrogens (tertiary/aromatic N) is 2. The predicted octanol–water partition coefficient (Wildman–Crippen LogP) is -0.899. The molecule has 1 amide bonds. The van der Waals surface area contributed by atoms with Crippen molar-refractivity contribution >= 4 is 15.9 Å². The molecule has 0 saturated heterocycles. The molecule has 9 heteroatoms. The Labute approximate surface area is 112 Å². The molecular weight excluding hydrogens is 272 g/mol. The fraction of sp³-hybridized carbons (Fsp3) is 0.600. The highest BCUT2D eigenvalue weighted by Crippen LogP contribution is 2.10. The van der Waals surface area contributed by atoms with Gasteiger partial charge in [-0.15, -0.1) is 0 Å². The molecule has 0 unspecified atom stereocenters. The Hall–Kier alpha value is -1.45. The van der Waals surface area contributed by atoms with Crippen molar-refractivity contribution in [3.8, 4) is 0 Å². The molecule has 8 nitrogen and oxygen atoms in total. The lowest BCUT2D eigenvalue weighted by molar-refractivity contribution is -0.121. The Morgan fingerprint density at radius 2 is 2.26 bits per heavy atom. The zero-order chi connectivity index (χ0) is 14.5. The zero-order valence-electron chi connectivity index (χ0n) is 11.1. The lowest BCUT2D eigenvalue weighted by Gasteiger charge is -2.15. The van der Waals surface area contributed by atoms with E-state index in [4.69, 9.17) is 4.74 Å². The lowest BCUT2D eigenvalue weighted by atomic mass is 10.5. The van der Waals surface area contributed by atoms with E-state index in [-0.39, 0.29) is 17.5 Å². The van der Waals surface area contributed by atoms with Gasteiger partial charge in [-0.1, -0.05) is 0 Å². The molecule has 0 aliphatic heterocycles. The number of aryl methyl sites for hydroxylation is 1. The summed E-state index contributed by atoms with van der Waals surface area (Å²) < 4.78 is 29.9. The van der Waals surface area contributed by atoms with Gasteiger partial charge < -0.3 is 15.0 Å². The largest absolute Gasteiger partial charge is 0.383 e. The van der Waals surface area contributed by atoms with Gasteiger partial charge >= 0.3 is 0 Å². The van der Waals surface area contributed by atoms with Crippen LogP contribution in [-0.2, 0) is 19.6 Å².